The highest BCUT2D eigenvalue weighted by atomic mass is 16.4. The lowest BCUT2D eigenvalue weighted by molar-refractivity contribution is -0.141. The largest absolute Gasteiger partial charge is 0.480 e. The number of hydrogen-bond acceptors (Lipinski definition) is 3. The van der Waals surface area contributed by atoms with Gasteiger partial charge in [0.2, 0.25) is 0 Å². The van der Waals surface area contributed by atoms with Crippen molar-refractivity contribution >= 4 is 23.9 Å². The first-order valence-electron chi connectivity index (χ1n) is 9.03. The standard InChI is InChI=1S/C22H24N2O4/c1-15(2)13-19(22(27)28)24-21(26)18(14-16-9-5-3-6-10-16)23-20(25)17-11-7-4-8-12-17/h3-12,14-15,19H,13H2,1-2H3,(H,23,25)(H,24,26)(H,27,28)/b18-14-. The summed E-state index contributed by atoms with van der Waals surface area (Å²) in [7, 11) is 0. The Bertz CT molecular complexity index is 845. The Kier molecular flexibility index (Phi) is 7.51. The molecule has 28 heavy (non-hydrogen) atoms. The van der Waals surface area contributed by atoms with Crippen molar-refractivity contribution in [2.45, 2.75) is 26.3 Å². The summed E-state index contributed by atoms with van der Waals surface area (Å²) < 4.78 is 0. The van der Waals surface area contributed by atoms with E-state index in [4.69, 9.17) is 0 Å². The van der Waals surface area contributed by atoms with Gasteiger partial charge < -0.3 is 15.7 Å². The summed E-state index contributed by atoms with van der Waals surface area (Å²) in [6.45, 7) is 3.75. The zero-order valence-corrected chi connectivity index (χ0v) is 15.9. The summed E-state index contributed by atoms with van der Waals surface area (Å²) in [5, 5.41) is 14.5. The number of hydrogen-bond donors (Lipinski definition) is 3. The third-order valence-corrected chi connectivity index (χ3v) is 3.95. The zero-order valence-electron chi connectivity index (χ0n) is 15.9. The Morgan fingerprint density at radius 3 is 2.07 bits per heavy atom. The Hall–Kier alpha value is -3.41. The molecule has 0 saturated heterocycles. The van der Waals surface area contributed by atoms with Crippen LogP contribution in [-0.4, -0.2) is 28.9 Å². The second-order valence-electron chi connectivity index (χ2n) is 6.78. The lowest BCUT2D eigenvalue weighted by Gasteiger charge is -2.18. The highest BCUT2D eigenvalue weighted by Crippen LogP contribution is 2.10. The molecule has 146 valence electrons. The van der Waals surface area contributed by atoms with Crippen molar-refractivity contribution in [3.05, 3.63) is 77.5 Å². The fraction of sp³-hybridized carbons (Fsp3) is 0.227. The van der Waals surface area contributed by atoms with Crippen molar-refractivity contribution in [3.8, 4) is 0 Å². The van der Waals surface area contributed by atoms with Crippen molar-refractivity contribution in [2.24, 2.45) is 5.92 Å². The van der Waals surface area contributed by atoms with Crippen molar-refractivity contribution in [2.75, 3.05) is 0 Å². The molecule has 2 amide bonds. The highest BCUT2D eigenvalue weighted by molar-refractivity contribution is 6.06. The van der Waals surface area contributed by atoms with Gasteiger partial charge in [-0.25, -0.2) is 4.79 Å². The number of carbonyl (C=O) groups is 3. The Balaban J connectivity index is 2.27. The molecule has 2 aromatic rings. The van der Waals surface area contributed by atoms with Crippen LogP contribution < -0.4 is 10.6 Å². The minimum atomic E-state index is -1.12. The van der Waals surface area contributed by atoms with Gasteiger partial charge >= 0.3 is 5.97 Å². The second-order valence-corrected chi connectivity index (χ2v) is 6.78. The molecule has 0 heterocycles. The van der Waals surface area contributed by atoms with E-state index >= 15 is 0 Å². The molecule has 0 aliphatic carbocycles. The predicted molar refractivity (Wildman–Crippen MR) is 107 cm³/mol. The van der Waals surface area contributed by atoms with Gasteiger partial charge in [0.1, 0.15) is 11.7 Å². The van der Waals surface area contributed by atoms with E-state index < -0.39 is 23.8 Å². The van der Waals surface area contributed by atoms with Crippen LogP contribution in [0.2, 0.25) is 0 Å². The molecule has 0 bridgehead atoms. The minimum Gasteiger partial charge on any atom is -0.480 e. The molecule has 0 fully saturated rings. The quantitative estimate of drug-likeness (QED) is 0.613. The number of nitrogens with one attached hydrogen (secondary N) is 2. The van der Waals surface area contributed by atoms with Gasteiger partial charge in [0.25, 0.3) is 11.8 Å². The summed E-state index contributed by atoms with van der Waals surface area (Å²) >= 11 is 0. The highest BCUT2D eigenvalue weighted by Gasteiger charge is 2.24. The molecular formula is C22H24N2O4. The Morgan fingerprint density at radius 2 is 1.54 bits per heavy atom. The van der Waals surface area contributed by atoms with Crippen LogP contribution in [0.5, 0.6) is 0 Å². The van der Waals surface area contributed by atoms with Crippen LogP contribution in [0, 0.1) is 5.92 Å². The molecule has 3 N–H and O–H groups in total. The lowest BCUT2D eigenvalue weighted by atomic mass is 10.0. The fourth-order valence-corrected chi connectivity index (χ4v) is 2.59. The summed E-state index contributed by atoms with van der Waals surface area (Å²) in [5.41, 5.74) is 1.08. The van der Waals surface area contributed by atoms with Crippen molar-refractivity contribution in [1.82, 2.24) is 10.6 Å². The molecule has 0 saturated carbocycles. The van der Waals surface area contributed by atoms with E-state index in [0.717, 1.165) is 0 Å². The van der Waals surface area contributed by atoms with Gasteiger partial charge in [-0.15, -0.1) is 0 Å². The Morgan fingerprint density at radius 1 is 0.964 bits per heavy atom. The normalized spacial score (nSPS) is 12.3. The van der Waals surface area contributed by atoms with Gasteiger partial charge in [-0.3, -0.25) is 9.59 Å². The summed E-state index contributed by atoms with van der Waals surface area (Å²) in [5.74, 6) is -2.13. The van der Waals surface area contributed by atoms with Crippen molar-refractivity contribution < 1.29 is 19.5 Å². The number of rotatable bonds is 8. The maximum atomic E-state index is 12.8. The maximum Gasteiger partial charge on any atom is 0.326 e. The first kappa shape index (κ1) is 20.9. The van der Waals surface area contributed by atoms with Crippen LogP contribution in [0.25, 0.3) is 6.08 Å². The summed E-state index contributed by atoms with van der Waals surface area (Å²) in [6, 6.07) is 16.5. The monoisotopic (exact) mass is 380 g/mol. The number of amides is 2. The molecule has 0 aromatic heterocycles. The van der Waals surface area contributed by atoms with Crippen LogP contribution in [0.1, 0.15) is 36.2 Å². The first-order chi connectivity index (χ1) is 13.4. The molecule has 1 atom stereocenters. The molecule has 0 spiro atoms. The molecule has 6 nitrogen and oxygen atoms in total. The summed E-state index contributed by atoms with van der Waals surface area (Å²) in [6.07, 6.45) is 1.80. The molecule has 2 rings (SSSR count). The van der Waals surface area contributed by atoms with Gasteiger partial charge in [-0.2, -0.15) is 0 Å². The average Bonchev–Trinajstić information content (AvgIpc) is 2.68. The fourth-order valence-electron chi connectivity index (χ4n) is 2.59. The van der Waals surface area contributed by atoms with E-state index in [1.54, 1.807) is 54.6 Å². The first-order valence-corrected chi connectivity index (χ1v) is 9.03. The van der Waals surface area contributed by atoms with Gasteiger partial charge in [-0.1, -0.05) is 62.4 Å². The minimum absolute atomic E-state index is 0.0185. The predicted octanol–water partition coefficient (Wildman–Crippen LogP) is 3.07. The van der Waals surface area contributed by atoms with Gasteiger partial charge in [0.05, 0.1) is 0 Å². The van der Waals surface area contributed by atoms with Crippen LogP contribution in [0.15, 0.2) is 66.4 Å². The maximum absolute atomic E-state index is 12.8. The lowest BCUT2D eigenvalue weighted by Crippen LogP contribution is -2.45. The SMILES string of the molecule is CC(C)CC(NC(=O)/C(=C/c1ccccc1)NC(=O)c1ccccc1)C(=O)O. The van der Waals surface area contributed by atoms with E-state index in [0.29, 0.717) is 11.1 Å². The van der Waals surface area contributed by atoms with Crippen LogP contribution >= 0.6 is 0 Å². The van der Waals surface area contributed by atoms with Gasteiger partial charge in [0.15, 0.2) is 0 Å². The van der Waals surface area contributed by atoms with Crippen LogP contribution in [0.4, 0.5) is 0 Å². The molecule has 0 aliphatic heterocycles. The molecule has 1 unspecified atom stereocenters. The summed E-state index contributed by atoms with van der Waals surface area (Å²) in [4.78, 5) is 36.7. The number of carboxylic acid groups (broad SMARTS) is 1. The topological polar surface area (TPSA) is 95.5 Å². The molecule has 0 aliphatic rings. The van der Waals surface area contributed by atoms with Gasteiger partial charge in [0, 0.05) is 5.56 Å². The smallest absolute Gasteiger partial charge is 0.326 e. The molecule has 0 radical (unpaired) electrons. The van der Waals surface area contributed by atoms with Crippen molar-refractivity contribution in [1.29, 1.82) is 0 Å². The van der Waals surface area contributed by atoms with E-state index in [-0.39, 0.29) is 18.0 Å². The van der Waals surface area contributed by atoms with E-state index in [2.05, 4.69) is 10.6 Å². The second kappa shape index (κ2) is 10.1. The number of benzene rings is 2. The molecule has 6 heteroatoms. The van der Waals surface area contributed by atoms with E-state index in [9.17, 15) is 19.5 Å². The third-order valence-electron chi connectivity index (χ3n) is 3.95. The zero-order chi connectivity index (χ0) is 20.5. The van der Waals surface area contributed by atoms with Gasteiger partial charge in [-0.05, 0) is 36.1 Å². The van der Waals surface area contributed by atoms with E-state index in [1.165, 1.54) is 6.08 Å². The number of aliphatic carboxylic acids is 1. The van der Waals surface area contributed by atoms with Crippen molar-refractivity contribution in [3.63, 3.8) is 0 Å². The van der Waals surface area contributed by atoms with Crippen LogP contribution in [0.3, 0.4) is 0 Å². The molecule has 2 aromatic carbocycles. The van der Waals surface area contributed by atoms with Crippen LogP contribution in [-0.2, 0) is 9.59 Å². The van der Waals surface area contributed by atoms with E-state index in [1.807, 2.05) is 19.9 Å². The number of carbonyl (C=O) groups excluding carboxylic acids is 2. The number of carboxylic acids is 1. The third kappa shape index (κ3) is 6.39. The Labute approximate surface area is 164 Å². The average molecular weight is 380 g/mol. The molecular weight excluding hydrogens is 356 g/mol.